The summed E-state index contributed by atoms with van der Waals surface area (Å²) in [5, 5.41) is 17.5. The number of hydrogen-bond acceptors (Lipinski definition) is 4. The van der Waals surface area contributed by atoms with Crippen molar-refractivity contribution in [2.45, 2.75) is 13.5 Å². The number of carboxylic acids is 1. The van der Waals surface area contributed by atoms with Crippen LogP contribution in [0.15, 0.2) is 18.2 Å². The summed E-state index contributed by atoms with van der Waals surface area (Å²) in [6.45, 7) is 3.01. The van der Waals surface area contributed by atoms with Crippen molar-refractivity contribution in [2.24, 2.45) is 5.92 Å². The number of pyridine rings is 1. The molecule has 5 heteroatoms. The zero-order valence-electron chi connectivity index (χ0n) is 9.92. The quantitative estimate of drug-likeness (QED) is 0.831. The molecule has 1 rings (SSSR count). The smallest absolute Gasteiger partial charge is 0.354 e. The van der Waals surface area contributed by atoms with Gasteiger partial charge in [0, 0.05) is 13.1 Å². The van der Waals surface area contributed by atoms with Crippen LogP contribution in [0.3, 0.4) is 0 Å². The van der Waals surface area contributed by atoms with Crippen LogP contribution in [0.1, 0.15) is 23.1 Å². The van der Waals surface area contributed by atoms with Crippen molar-refractivity contribution in [1.29, 1.82) is 5.26 Å². The Morgan fingerprint density at radius 2 is 2.35 bits per heavy atom. The Bertz CT molecular complexity index is 440. The van der Waals surface area contributed by atoms with E-state index in [-0.39, 0.29) is 11.6 Å². The zero-order chi connectivity index (χ0) is 12.8. The van der Waals surface area contributed by atoms with Crippen LogP contribution < -0.4 is 0 Å². The minimum atomic E-state index is -1.03. The highest BCUT2D eigenvalue weighted by Gasteiger charge is 2.09. The van der Waals surface area contributed by atoms with Crippen molar-refractivity contribution in [2.75, 3.05) is 13.6 Å². The first-order valence-corrected chi connectivity index (χ1v) is 5.30. The Labute approximate surface area is 100 Å². The topological polar surface area (TPSA) is 77.2 Å². The summed E-state index contributed by atoms with van der Waals surface area (Å²) in [6.07, 6.45) is 0. The van der Waals surface area contributed by atoms with Crippen LogP contribution in [0.4, 0.5) is 0 Å². The van der Waals surface area contributed by atoms with Gasteiger partial charge in [-0.2, -0.15) is 5.26 Å². The van der Waals surface area contributed by atoms with Gasteiger partial charge in [0.1, 0.15) is 5.69 Å². The number of nitrogens with zero attached hydrogens (tertiary/aromatic N) is 3. The lowest BCUT2D eigenvalue weighted by Crippen LogP contribution is -2.24. The third-order valence-corrected chi connectivity index (χ3v) is 2.26. The molecule has 1 aromatic heterocycles. The predicted molar refractivity (Wildman–Crippen MR) is 62.3 cm³/mol. The molecule has 90 valence electrons. The first kappa shape index (κ1) is 13.1. The second-order valence-corrected chi connectivity index (χ2v) is 4.05. The van der Waals surface area contributed by atoms with Crippen LogP contribution in [0.25, 0.3) is 0 Å². The van der Waals surface area contributed by atoms with Gasteiger partial charge in [-0.3, -0.25) is 4.90 Å². The largest absolute Gasteiger partial charge is 0.477 e. The van der Waals surface area contributed by atoms with E-state index in [1.54, 1.807) is 12.1 Å². The number of nitriles is 1. The molecule has 0 saturated heterocycles. The predicted octanol–water partition coefficient (Wildman–Crippen LogP) is 1.37. The fraction of sp³-hybridized carbons (Fsp3) is 0.417. The molecule has 1 aromatic rings. The molecule has 0 saturated carbocycles. The van der Waals surface area contributed by atoms with Gasteiger partial charge in [0.2, 0.25) is 0 Å². The molecule has 1 atom stereocenters. The molecule has 1 heterocycles. The highest BCUT2D eigenvalue weighted by Crippen LogP contribution is 2.04. The highest BCUT2D eigenvalue weighted by atomic mass is 16.4. The summed E-state index contributed by atoms with van der Waals surface area (Å²) >= 11 is 0. The third-order valence-electron chi connectivity index (χ3n) is 2.26. The van der Waals surface area contributed by atoms with Crippen molar-refractivity contribution in [3.8, 4) is 6.07 Å². The summed E-state index contributed by atoms with van der Waals surface area (Å²) in [5.41, 5.74) is 0.738. The zero-order valence-corrected chi connectivity index (χ0v) is 9.92. The molecule has 0 aliphatic rings. The first-order chi connectivity index (χ1) is 8.02. The minimum absolute atomic E-state index is 0.0456. The molecule has 1 N–H and O–H groups in total. The van der Waals surface area contributed by atoms with Crippen LogP contribution in [0.5, 0.6) is 0 Å². The maximum atomic E-state index is 10.7. The number of carbonyl (C=O) groups is 1. The van der Waals surface area contributed by atoms with Crippen molar-refractivity contribution in [3.05, 3.63) is 29.6 Å². The van der Waals surface area contributed by atoms with Gasteiger partial charge in [-0.15, -0.1) is 0 Å². The standard InChI is InChI=1S/C12H15N3O2/c1-9(6-13)7-15(2)8-10-4-3-5-11(14-10)12(16)17/h3-5,9H,7-8H2,1-2H3,(H,16,17). The van der Waals surface area contributed by atoms with E-state index in [4.69, 9.17) is 10.4 Å². The Morgan fingerprint density at radius 3 is 2.94 bits per heavy atom. The Morgan fingerprint density at radius 1 is 1.65 bits per heavy atom. The summed E-state index contributed by atoms with van der Waals surface area (Å²) < 4.78 is 0. The van der Waals surface area contributed by atoms with Gasteiger partial charge >= 0.3 is 5.97 Å². The number of rotatable bonds is 5. The number of aromatic nitrogens is 1. The maximum absolute atomic E-state index is 10.7. The third kappa shape index (κ3) is 4.21. The van der Waals surface area contributed by atoms with Gasteiger partial charge in [0.25, 0.3) is 0 Å². The molecular formula is C12H15N3O2. The number of hydrogen-bond donors (Lipinski definition) is 1. The molecule has 17 heavy (non-hydrogen) atoms. The second kappa shape index (κ2) is 5.97. The average Bonchev–Trinajstić information content (AvgIpc) is 2.28. The van der Waals surface area contributed by atoms with Gasteiger partial charge in [0.05, 0.1) is 17.7 Å². The van der Waals surface area contributed by atoms with Crippen LogP contribution >= 0.6 is 0 Å². The molecule has 0 bridgehead atoms. The maximum Gasteiger partial charge on any atom is 0.354 e. The van der Waals surface area contributed by atoms with Crippen LogP contribution in [0.2, 0.25) is 0 Å². The fourth-order valence-electron chi connectivity index (χ4n) is 1.54. The molecule has 5 nitrogen and oxygen atoms in total. The van der Waals surface area contributed by atoms with Crippen molar-refractivity contribution in [3.63, 3.8) is 0 Å². The molecule has 0 aromatic carbocycles. The van der Waals surface area contributed by atoms with Crippen LogP contribution in [-0.2, 0) is 6.54 Å². The Hall–Kier alpha value is -1.93. The van der Waals surface area contributed by atoms with Crippen molar-refractivity contribution in [1.82, 2.24) is 9.88 Å². The summed E-state index contributed by atoms with van der Waals surface area (Å²) in [6, 6.07) is 7.07. The number of carboxylic acid groups (broad SMARTS) is 1. The average molecular weight is 233 g/mol. The van der Waals surface area contributed by atoms with E-state index < -0.39 is 5.97 Å². The Kier molecular flexibility index (Phi) is 4.61. The van der Waals surface area contributed by atoms with Gasteiger partial charge in [-0.1, -0.05) is 6.07 Å². The minimum Gasteiger partial charge on any atom is -0.477 e. The lowest BCUT2D eigenvalue weighted by atomic mass is 10.2. The highest BCUT2D eigenvalue weighted by molar-refractivity contribution is 5.85. The fourth-order valence-corrected chi connectivity index (χ4v) is 1.54. The normalized spacial score (nSPS) is 12.1. The van der Waals surface area contributed by atoms with E-state index >= 15 is 0 Å². The van der Waals surface area contributed by atoms with E-state index in [0.29, 0.717) is 18.8 Å². The van der Waals surface area contributed by atoms with Crippen LogP contribution in [0, 0.1) is 17.2 Å². The van der Waals surface area contributed by atoms with E-state index in [1.807, 2.05) is 18.9 Å². The lowest BCUT2D eigenvalue weighted by Gasteiger charge is -2.17. The van der Waals surface area contributed by atoms with Crippen molar-refractivity contribution < 1.29 is 9.90 Å². The molecular weight excluding hydrogens is 218 g/mol. The molecule has 0 amide bonds. The summed E-state index contributed by atoms with van der Waals surface area (Å²) in [7, 11) is 1.88. The van der Waals surface area contributed by atoms with E-state index in [2.05, 4.69) is 11.1 Å². The van der Waals surface area contributed by atoms with Crippen LogP contribution in [-0.4, -0.2) is 34.6 Å². The molecule has 0 radical (unpaired) electrons. The monoisotopic (exact) mass is 233 g/mol. The molecule has 0 aliphatic carbocycles. The van der Waals surface area contributed by atoms with E-state index in [1.165, 1.54) is 6.07 Å². The van der Waals surface area contributed by atoms with Crippen molar-refractivity contribution >= 4 is 5.97 Å². The van der Waals surface area contributed by atoms with Gasteiger partial charge in [-0.25, -0.2) is 9.78 Å². The first-order valence-electron chi connectivity index (χ1n) is 5.30. The lowest BCUT2D eigenvalue weighted by molar-refractivity contribution is 0.0690. The second-order valence-electron chi connectivity index (χ2n) is 4.05. The van der Waals surface area contributed by atoms with E-state index in [0.717, 1.165) is 0 Å². The summed E-state index contributed by atoms with van der Waals surface area (Å²) in [5.74, 6) is -1.08. The molecule has 0 spiro atoms. The summed E-state index contributed by atoms with van der Waals surface area (Å²) in [4.78, 5) is 16.7. The van der Waals surface area contributed by atoms with Gasteiger partial charge in [-0.05, 0) is 26.1 Å². The van der Waals surface area contributed by atoms with Gasteiger partial charge in [0.15, 0.2) is 0 Å². The molecule has 0 aliphatic heterocycles. The SMILES string of the molecule is CC(C#N)CN(C)Cc1cccc(C(=O)O)n1. The van der Waals surface area contributed by atoms with Gasteiger partial charge < -0.3 is 5.11 Å². The Balaban J connectivity index is 2.65. The number of aromatic carboxylic acids is 1. The molecule has 1 unspecified atom stereocenters. The van der Waals surface area contributed by atoms with E-state index in [9.17, 15) is 4.79 Å². The molecule has 0 fully saturated rings.